The summed E-state index contributed by atoms with van der Waals surface area (Å²) in [4.78, 5) is 118. The minimum atomic E-state index is -2.10. The van der Waals surface area contributed by atoms with Crippen LogP contribution in [0.5, 0.6) is 0 Å². The van der Waals surface area contributed by atoms with E-state index >= 15 is 4.79 Å². The van der Waals surface area contributed by atoms with Gasteiger partial charge in [-0.05, 0) is 64.5 Å². The van der Waals surface area contributed by atoms with Gasteiger partial charge >= 0.3 is 41.8 Å². The molecule has 0 amide bonds. The molecule has 4 saturated heterocycles. The molecule has 0 radical (unpaired) electrons. The number of nitrogens with zero attached hydrogens (tertiary/aromatic N) is 6. The largest absolute Gasteiger partial charge is 0.467 e. The lowest BCUT2D eigenvalue weighted by Gasteiger charge is -2.51. The molecule has 33 heteroatoms. The van der Waals surface area contributed by atoms with Crippen molar-refractivity contribution in [3.63, 3.8) is 0 Å². The van der Waals surface area contributed by atoms with Gasteiger partial charge in [-0.15, -0.1) is 0 Å². The highest BCUT2D eigenvalue weighted by molar-refractivity contribution is 5.90. The normalized spacial score (nSPS) is 27.5. The van der Waals surface area contributed by atoms with E-state index in [-0.39, 0.29) is 49.8 Å². The molecule has 588 valence electrons. The maximum atomic E-state index is 15.1. The van der Waals surface area contributed by atoms with Crippen molar-refractivity contribution in [3.05, 3.63) is 236 Å². The molecule has 6 aromatic rings. The van der Waals surface area contributed by atoms with Crippen LogP contribution in [0.4, 0.5) is 0 Å². The van der Waals surface area contributed by atoms with Crippen LogP contribution in [-0.4, -0.2) is 205 Å². The van der Waals surface area contributed by atoms with E-state index in [4.69, 9.17) is 90.0 Å². The molecule has 0 spiro atoms. The quantitative estimate of drug-likeness (QED) is 0.0118. The minimum Gasteiger partial charge on any atom is -0.467 e. The number of methoxy groups -OCH3 is 3. The summed E-state index contributed by atoms with van der Waals surface area (Å²) in [5.41, 5.74) is 23.2. The first kappa shape index (κ1) is 82.9. The van der Waals surface area contributed by atoms with Crippen molar-refractivity contribution >= 4 is 47.6 Å². The van der Waals surface area contributed by atoms with E-state index in [0.717, 1.165) is 28.1 Å². The molecule has 111 heavy (non-hydrogen) atoms. The van der Waals surface area contributed by atoms with Crippen molar-refractivity contribution in [3.8, 4) is 0 Å². The predicted molar refractivity (Wildman–Crippen MR) is 381 cm³/mol. The van der Waals surface area contributed by atoms with Gasteiger partial charge in [-0.3, -0.25) is 14.4 Å². The molecule has 33 nitrogen and oxygen atoms in total. The Morgan fingerprint density at radius 1 is 0.378 bits per heavy atom. The van der Waals surface area contributed by atoms with Gasteiger partial charge in [-0.1, -0.05) is 168 Å². The molecule has 0 bridgehead atoms. The maximum absolute atomic E-state index is 15.1. The van der Waals surface area contributed by atoms with Gasteiger partial charge < -0.3 is 94.8 Å². The zero-order chi connectivity index (χ0) is 78.8. The number of ether oxygens (including phenoxy) is 19. The van der Waals surface area contributed by atoms with Crippen LogP contribution >= 0.6 is 0 Å². The second kappa shape index (κ2) is 41.5. The fourth-order valence-corrected chi connectivity index (χ4v) is 12.7. The number of benzene rings is 6. The fraction of sp³-hybridized carbons (Fsp3) is 0.436. The average molecular weight is 1540 g/mol. The molecule has 0 N–H and O–H groups in total. The fourth-order valence-electron chi connectivity index (χ4n) is 12.7. The van der Waals surface area contributed by atoms with E-state index < -0.39 is 184 Å². The Kier molecular flexibility index (Phi) is 31.0. The minimum absolute atomic E-state index is 0.00924. The van der Waals surface area contributed by atoms with Gasteiger partial charge in [0.05, 0.1) is 58.2 Å². The van der Waals surface area contributed by atoms with Crippen molar-refractivity contribution in [2.75, 3.05) is 34.5 Å². The number of esters is 7. The zero-order valence-electron chi connectivity index (χ0n) is 61.2. The molecule has 4 aliphatic heterocycles. The van der Waals surface area contributed by atoms with Crippen LogP contribution < -0.4 is 0 Å². The van der Waals surface area contributed by atoms with Gasteiger partial charge in [-0.2, -0.15) is 0 Å². The number of Topliss-reactive ketones (excluding diaryl/α,β-unsaturated/α-hetero) is 1. The first-order chi connectivity index (χ1) is 53.9. The highest BCUT2D eigenvalue weighted by atomic mass is 16.8. The van der Waals surface area contributed by atoms with Crippen molar-refractivity contribution in [2.45, 2.75) is 183 Å². The van der Waals surface area contributed by atoms with Gasteiger partial charge in [-0.25, -0.2) is 19.2 Å². The van der Waals surface area contributed by atoms with Gasteiger partial charge in [0.25, 0.3) is 0 Å². The Balaban J connectivity index is 1.12. The predicted octanol–water partition coefficient (Wildman–Crippen LogP) is 8.59. The highest BCUT2D eigenvalue weighted by Crippen LogP contribution is 2.41. The van der Waals surface area contributed by atoms with Crippen molar-refractivity contribution in [1.82, 2.24) is 0 Å². The Morgan fingerprint density at radius 3 is 1.08 bits per heavy atom. The van der Waals surface area contributed by atoms with E-state index in [2.05, 4.69) is 20.1 Å². The molecular weight excluding hydrogens is 1450 g/mol. The summed E-state index contributed by atoms with van der Waals surface area (Å²) < 4.78 is 121. The van der Waals surface area contributed by atoms with Crippen LogP contribution in [0.25, 0.3) is 20.9 Å². The summed E-state index contributed by atoms with van der Waals surface area (Å²) in [5.74, 6) is -7.39. The number of azide groups is 2. The third-order valence-corrected chi connectivity index (χ3v) is 18.1. The molecular formula is C78H84N6O27. The SMILES string of the molecule is COC(=O)[C@@H]1O[C@@H](O[C@H]2[C@H](OCc3ccccc3)[C@@H](N=[N+]=[N-])[C@@H](O[C@H]3[C@H](OCc4ccccc4)[C@@H](OC(=O)c4ccccc4)[C@H](O[C@H]4[C@H](OCc5ccccc5)[C@@H](N=[N+]=[N-])[C@@H](OC)O[C@@H]4COC(C)=O)O[C@H]3C(=O)OC)O[C@@H]2COC(C)=O)[C@H](OC(=O)c2ccccc2)[C@@H](OCc2ccccc2)[C@@H]1OC(=O)CCC(C)=O. The maximum Gasteiger partial charge on any atom is 0.339 e. The summed E-state index contributed by atoms with van der Waals surface area (Å²) in [6, 6.07) is 46.6. The molecule has 0 aliphatic carbocycles. The van der Waals surface area contributed by atoms with Crippen LogP contribution in [0, 0.1) is 0 Å². The van der Waals surface area contributed by atoms with Gasteiger partial charge in [0.15, 0.2) is 55.7 Å². The molecule has 20 atom stereocenters. The van der Waals surface area contributed by atoms with Crippen LogP contribution in [0.15, 0.2) is 192 Å². The molecule has 4 aliphatic rings. The Labute approximate surface area is 637 Å². The van der Waals surface area contributed by atoms with Crippen LogP contribution in [0.2, 0.25) is 0 Å². The summed E-state index contributed by atoms with van der Waals surface area (Å²) >= 11 is 0. The lowest BCUT2D eigenvalue weighted by atomic mass is 9.93. The van der Waals surface area contributed by atoms with Crippen molar-refractivity contribution in [2.24, 2.45) is 10.2 Å². The lowest BCUT2D eigenvalue weighted by molar-refractivity contribution is -0.375. The van der Waals surface area contributed by atoms with E-state index in [1.165, 1.54) is 38.3 Å². The molecule has 6 aromatic carbocycles. The molecule has 4 fully saturated rings. The molecule has 0 unspecified atom stereocenters. The van der Waals surface area contributed by atoms with Crippen molar-refractivity contribution in [1.29, 1.82) is 0 Å². The smallest absolute Gasteiger partial charge is 0.339 e. The van der Waals surface area contributed by atoms with Crippen LogP contribution in [0.1, 0.15) is 76.6 Å². The summed E-state index contributed by atoms with van der Waals surface area (Å²) in [5, 5.41) is 8.27. The molecule has 0 saturated carbocycles. The van der Waals surface area contributed by atoms with E-state index in [1.807, 2.05) is 0 Å². The van der Waals surface area contributed by atoms with Crippen LogP contribution in [0.3, 0.4) is 0 Å². The Morgan fingerprint density at radius 2 is 0.721 bits per heavy atom. The van der Waals surface area contributed by atoms with E-state index in [1.54, 1.807) is 158 Å². The first-order valence-corrected chi connectivity index (χ1v) is 35.3. The van der Waals surface area contributed by atoms with E-state index in [9.17, 15) is 44.6 Å². The van der Waals surface area contributed by atoms with Gasteiger partial charge in [0.2, 0.25) is 0 Å². The van der Waals surface area contributed by atoms with Crippen molar-refractivity contribution < 1.29 is 128 Å². The number of rotatable bonds is 35. The summed E-state index contributed by atoms with van der Waals surface area (Å²) in [7, 11) is 3.33. The number of hydrogen-bond donors (Lipinski definition) is 0. The zero-order valence-corrected chi connectivity index (χ0v) is 61.2. The third-order valence-electron chi connectivity index (χ3n) is 18.1. The Bertz CT molecular complexity index is 4130. The van der Waals surface area contributed by atoms with Gasteiger partial charge in [0, 0.05) is 37.2 Å². The van der Waals surface area contributed by atoms with Crippen LogP contribution in [-0.2, 0) is 145 Å². The average Bonchev–Trinajstić information content (AvgIpc) is 0.756. The number of carbonyl (C=O) groups is 8. The molecule has 4 heterocycles. The second-order valence-electron chi connectivity index (χ2n) is 25.7. The van der Waals surface area contributed by atoms with Gasteiger partial charge in [0.1, 0.15) is 86.0 Å². The second-order valence-corrected chi connectivity index (χ2v) is 25.7. The monoisotopic (exact) mass is 1540 g/mol. The summed E-state index contributed by atoms with van der Waals surface area (Å²) in [6.45, 7) is 0.965. The topological polar surface area (TPSA) is 409 Å². The number of ketones is 1. The summed E-state index contributed by atoms with van der Waals surface area (Å²) in [6.07, 6.45) is -33.5. The first-order valence-electron chi connectivity index (χ1n) is 35.3. The Hall–Kier alpha value is -10.6. The standard InChI is InChI=1S/C78H84N6O27/c1-45(85)37-38-56(88)104-65-63(100-41-50-29-17-9-18-30-50)69(105-71(89)52-33-21-11-22-34-52)77(110-67(65)73(91)93-4)108-60-55(44-97-47(3)87)103-76(58(82-84-80)62(60)99-40-49-27-15-8-16-28-49)109-66-64(101-42-51-31-19-10-20-32-51)70(106-72(90)53-35-23-12-24-36-53)78(111-68(66)74(92)94-5)107-59-54(43-96-46(2)86)102-75(95-6)57(81-83-79)61(59)98-39-48-25-13-7-14-26-48/h7-36,54-55,57-70,75-78H,37-44H2,1-6H3/t54-,55-,57-,58-,59-,60-,61-,62-,63+,64+,65+,66+,67-,68-,69-,70-,75+,76-,77-,78-/m1/s1. The highest BCUT2D eigenvalue weighted by Gasteiger charge is 2.61. The molecule has 0 aromatic heterocycles. The number of carbonyl (C=O) groups excluding carboxylic acids is 8. The number of hydrogen-bond acceptors (Lipinski definition) is 29. The lowest BCUT2D eigenvalue weighted by Crippen LogP contribution is -2.69. The molecule has 10 rings (SSSR count). The third kappa shape index (κ3) is 22.6. The van der Waals surface area contributed by atoms with E-state index in [0.29, 0.717) is 22.3 Å².